The van der Waals surface area contributed by atoms with E-state index in [0.717, 1.165) is 61.5 Å². The molecule has 2 N–H and O–H groups in total. The van der Waals surface area contributed by atoms with Crippen LogP contribution >= 0.6 is 23.6 Å². The van der Waals surface area contributed by atoms with Crippen LogP contribution in [0.3, 0.4) is 0 Å². The molecule has 2 saturated heterocycles. The fourth-order valence-corrected chi connectivity index (χ4v) is 5.29. The zero-order valence-corrected chi connectivity index (χ0v) is 19.7. The Kier molecular flexibility index (Phi) is 6.00. The van der Waals surface area contributed by atoms with Gasteiger partial charge in [-0.3, -0.25) is 0 Å². The second-order valence-corrected chi connectivity index (χ2v) is 10.9. The quantitative estimate of drug-likeness (QED) is 0.686. The number of nitrogens with zero attached hydrogens (tertiary/aromatic N) is 3. The first-order valence-corrected chi connectivity index (χ1v) is 12.0. The molecular formula is C22H33N5S2. The first-order valence-electron chi connectivity index (χ1n) is 10.8. The summed E-state index contributed by atoms with van der Waals surface area (Å²) in [5.41, 5.74) is 3.54. The molecule has 0 radical (unpaired) electrons. The summed E-state index contributed by atoms with van der Waals surface area (Å²) in [5, 5.41) is 9.01. The minimum absolute atomic E-state index is 0.0636. The summed E-state index contributed by atoms with van der Waals surface area (Å²) in [6.45, 7) is 15.1. The van der Waals surface area contributed by atoms with Crippen LogP contribution in [0.4, 0.5) is 11.4 Å². The zero-order valence-electron chi connectivity index (χ0n) is 18.0. The fourth-order valence-electron chi connectivity index (χ4n) is 3.96. The third-order valence-electron chi connectivity index (χ3n) is 5.92. The minimum atomic E-state index is 0.0636. The van der Waals surface area contributed by atoms with E-state index >= 15 is 0 Å². The van der Waals surface area contributed by atoms with E-state index in [9.17, 15) is 0 Å². The van der Waals surface area contributed by atoms with Crippen LogP contribution < -0.4 is 15.5 Å². The Morgan fingerprint density at radius 1 is 1.17 bits per heavy atom. The number of hydrogen-bond donors (Lipinski definition) is 2. The first-order chi connectivity index (χ1) is 13.8. The van der Waals surface area contributed by atoms with Gasteiger partial charge in [0.2, 0.25) is 0 Å². The molecule has 1 aromatic carbocycles. The second kappa shape index (κ2) is 8.36. The van der Waals surface area contributed by atoms with E-state index in [1.807, 2.05) is 0 Å². The molecule has 0 spiro atoms. The van der Waals surface area contributed by atoms with Gasteiger partial charge in [0.25, 0.3) is 0 Å². The molecule has 2 fully saturated rings. The number of piperidine rings is 1. The molecule has 5 nitrogen and oxygen atoms in total. The molecule has 0 aliphatic carbocycles. The van der Waals surface area contributed by atoms with Gasteiger partial charge in [-0.2, -0.15) is 0 Å². The molecule has 0 amide bonds. The number of rotatable bonds is 2. The van der Waals surface area contributed by atoms with Gasteiger partial charge in [0.1, 0.15) is 0 Å². The lowest BCUT2D eigenvalue weighted by molar-refractivity contribution is 0.362. The molecule has 29 heavy (non-hydrogen) atoms. The van der Waals surface area contributed by atoms with Crippen molar-refractivity contribution in [3.8, 4) is 0 Å². The van der Waals surface area contributed by atoms with Crippen LogP contribution in [0.25, 0.3) is 10.2 Å². The Balaban J connectivity index is 1.68. The van der Waals surface area contributed by atoms with E-state index in [-0.39, 0.29) is 5.41 Å². The van der Waals surface area contributed by atoms with Crippen LogP contribution in [0.1, 0.15) is 45.5 Å². The monoisotopic (exact) mass is 431 g/mol. The molecule has 0 bridgehead atoms. The molecule has 0 atom stereocenters. The summed E-state index contributed by atoms with van der Waals surface area (Å²) >= 11 is 7.58. The molecule has 4 rings (SSSR count). The Labute approximate surface area is 183 Å². The van der Waals surface area contributed by atoms with E-state index in [1.165, 1.54) is 28.2 Å². The van der Waals surface area contributed by atoms with Crippen LogP contribution in [0.15, 0.2) is 12.1 Å². The van der Waals surface area contributed by atoms with E-state index in [0.29, 0.717) is 0 Å². The van der Waals surface area contributed by atoms with Gasteiger partial charge >= 0.3 is 0 Å². The number of aromatic nitrogens is 1. The Hall–Kier alpha value is -1.44. The molecule has 2 aliphatic heterocycles. The summed E-state index contributed by atoms with van der Waals surface area (Å²) in [7, 11) is 0. The molecular weight excluding hydrogens is 398 g/mol. The predicted octanol–water partition coefficient (Wildman–Crippen LogP) is 4.43. The molecule has 2 aliphatic rings. The van der Waals surface area contributed by atoms with Crippen molar-refractivity contribution >= 4 is 50.3 Å². The van der Waals surface area contributed by atoms with Crippen LogP contribution in [0.2, 0.25) is 0 Å². The average Bonchev–Trinajstić information content (AvgIpc) is 3.12. The maximum absolute atomic E-state index is 5.78. The summed E-state index contributed by atoms with van der Waals surface area (Å²) < 4.78 is 1.23. The van der Waals surface area contributed by atoms with Crippen LogP contribution in [-0.4, -0.2) is 54.3 Å². The largest absolute Gasteiger partial charge is 0.370 e. The smallest absolute Gasteiger partial charge is 0.173 e. The lowest BCUT2D eigenvalue weighted by Gasteiger charge is -2.35. The topological polar surface area (TPSA) is 43.4 Å². The van der Waals surface area contributed by atoms with Gasteiger partial charge < -0.3 is 20.4 Å². The third-order valence-corrected chi connectivity index (χ3v) is 7.72. The minimum Gasteiger partial charge on any atom is -0.370 e. The van der Waals surface area contributed by atoms with Crippen molar-refractivity contribution in [1.82, 2.24) is 15.2 Å². The SMILES string of the molecule is CC1CCN(c2cc3nc(C(C)(C)C)sc3cc2NC(=S)N2CCNCC2)CC1. The number of thiocarbonyl (C=S) groups is 1. The summed E-state index contributed by atoms with van der Waals surface area (Å²) in [6, 6.07) is 4.55. The molecule has 0 unspecified atom stereocenters. The van der Waals surface area contributed by atoms with Crippen molar-refractivity contribution in [2.24, 2.45) is 5.92 Å². The summed E-state index contributed by atoms with van der Waals surface area (Å²) in [4.78, 5) is 9.76. The maximum Gasteiger partial charge on any atom is 0.173 e. The zero-order chi connectivity index (χ0) is 20.6. The van der Waals surface area contributed by atoms with Crippen molar-refractivity contribution in [2.45, 2.75) is 46.0 Å². The van der Waals surface area contributed by atoms with Gasteiger partial charge in [0.15, 0.2) is 5.11 Å². The van der Waals surface area contributed by atoms with Gasteiger partial charge in [0.05, 0.1) is 26.6 Å². The Morgan fingerprint density at radius 2 is 1.86 bits per heavy atom. The predicted molar refractivity (Wildman–Crippen MR) is 130 cm³/mol. The third kappa shape index (κ3) is 4.67. The highest BCUT2D eigenvalue weighted by Crippen LogP contribution is 2.38. The molecule has 158 valence electrons. The highest BCUT2D eigenvalue weighted by atomic mass is 32.1. The van der Waals surface area contributed by atoms with E-state index in [1.54, 1.807) is 11.3 Å². The Morgan fingerprint density at radius 3 is 2.52 bits per heavy atom. The maximum atomic E-state index is 5.78. The molecule has 2 aromatic rings. The molecule has 1 aromatic heterocycles. The highest BCUT2D eigenvalue weighted by molar-refractivity contribution is 7.80. The van der Waals surface area contributed by atoms with Gasteiger partial charge in [-0.25, -0.2) is 4.98 Å². The van der Waals surface area contributed by atoms with Crippen LogP contribution in [-0.2, 0) is 5.41 Å². The van der Waals surface area contributed by atoms with E-state index in [2.05, 4.69) is 60.3 Å². The summed E-state index contributed by atoms with van der Waals surface area (Å²) in [5.74, 6) is 0.806. The Bertz CT molecular complexity index is 871. The van der Waals surface area contributed by atoms with Crippen molar-refractivity contribution in [1.29, 1.82) is 0 Å². The van der Waals surface area contributed by atoms with Crippen molar-refractivity contribution in [3.63, 3.8) is 0 Å². The van der Waals surface area contributed by atoms with Gasteiger partial charge in [-0.05, 0) is 43.1 Å². The van der Waals surface area contributed by atoms with Gasteiger partial charge in [-0.15, -0.1) is 11.3 Å². The number of anilines is 2. The van der Waals surface area contributed by atoms with Gasteiger partial charge in [0, 0.05) is 44.7 Å². The number of fused-ring (bicyclic) bond motifs is 1. The van der Waals surface area contributed by atoms with Crippen LogP contribution in [0, 0.1) is 5.92 Å². The average molecular weight is 432 g/mol. The molecule has 3 heterocycles. The number of thiazole rings is 1. The number of benzene rings is 1. The second-order valence-electron chi connectivity index (χ2n) is 9.44. The normalized spacial score (nSPS) is 19.0. The van der Waals surface area contributed by atoms with E-state index in [4.69, 9.17) is 17.2 Å². The highest BCUT2D eigenvalue weighted by Gasteiger charge is 2.24. The lowest BCUT2D eigenvalue weighted by Crippen LogP contribution is -2.48. The van der Waals surface area contributed by atoms with Crippen molar-refractivity contribution < 1.29 is 0 Å². The van der Waals surface area contributed by atoms with Crippen molar-refractivity contribution in [3.05, 3.63) is 17.1 Å². The van der Waals surface area contributed by atoms with Crippen molar-refractivity contribution in [2.75, 3.05) is 49.5 Å². The fraction of sp³-hybridized carbons (Fsp3) is 0.636. The summed E-state index contributed by atoms with van der Waals surface area (Å²) in [6.07, 6.45) is 2.48. The number of nitrogens with one attached hydrogen (secondary N) is 2. The number of piperazine rings is 1. The first kappa shape index (κ1) is 20.8. The standard InChI is InChI=1S/C22H33N5S2/c1-15-5-9-26(10-6-15)18-13-17-19(29-20(24-17)22(2,3)4)14-16(18)25-21(28)27-11-7-23-8-12-27/h13-15,23H,5-12H2,1-4H3,(H,25,28). The van der Waals surface area contributed by atoms with Crippen LogP contribution in [0.5, 0.6) is 0 Å². The van der Waals surface area contributed by atoms with Gasteiger partial charge in [-0.1, -0.05) is 27.7 Å². The lowest BCUT2D eigenvalue weighted by atomic mass is 9.98. The molecule has 7 heteroatoms. The van der Waals surface area contributed by atoms with E-state index < -0.39 is 0 Å². The number of hydrogen-bond acceptors (Lipinski definition) is 5. The molecule has 0 saturated carbocycles.